The first-order valence-corrected chi connectivity index (χ1v) is 25.8. The van der Waals surface area contributed by atoms with Crippen LogP contribution in [0, 0.1) is 6.85 Å². The first-order chi connectivity index (χ1) is 40.5. The lowest BCUT2D eigenvalue weighted by Gasteiger charge is -2.45. The predicted molar refractivity (Wildman–Crippen MR) is 322 cm³/mol. The molecule has 11 aromatic carbocycles. The van der Waals surface area contributed by atoms with Gasteiger partial charge in [-0.3, -0.25) is 0 Å². The van der Waals surface area contributed by atoms with E-state index in [9.17, 15) is 2.74 Å². The van der Waals surface area contributed by atoms with E-state index < -0.39 is 31.7 Å². The Morgan fingerprint density at radius 2 is 1.08 bits per heavy atom. The second-order valence-corrected chi connectivity index (χ2v) is 20.7. The number of benzene rings is 11. The number of hydrogen-bond acceptors (Lipinski definition) is 4. The van der Waals surface area contributed by atoms with Gasteiger partial charge >= 0.3 is 0 Å². The molecule has 0 atom stereocenters. The number of aryl methyl sites for hydroxylation is 1. The van der Waals surface area contributed by atoms with Gasteiger partial charge in [-0.2, -0.15) is 0 Å². The standard InChI is InChI=1S/C71H54BN3O/c1-47-19-14-15-26-58(47)51-35-42-64-63(43-51)72-62-41-40-57(73(53-22-10-6-11-23-53)54-24-12-7-13-25-54)46-65(62)75(56-36-31-49(32-37-56)48-20-8-5-9-21-48)67-45-52(71(2,3)4)44-66(69(67)72)74(64)55-38-33-50(34-39-55)59-28-18-29-61-60-27-16-17-30-68(60)76-70(59)61/h5-46H,1-4H3/i1D3,6D,10D,11D,22D,23D. The molecule has 0 aliphatic carbocycles. The van der Waals surface area contributed by atoms with Gasteiger partial charge in [-0.15, -0.1) is 0 Å². The van der Waals surface area contributed by atoms with Crippen LogP contribution in [0.2, 0.25) is 0 Å². The van der Waals surface area contributed by atoms with Crippen LogP contribution in [0.15, 0.2) is 259 Å². The van der Waals surface area contributed by atoms with E-state index in [-0.39, 0.29) is 28.8 Å². The number of fused-ring (bicyclic) bond motifs is 7. The highest BCUT2D eigenvalue weighted by atomic mass is 16.3. The van der Waals surface area contributed by atoms with E-state index in [0.29, 0.717) is 16.9 Å². The molecular weight excluding hydrogens is 922 g/mol. The third kappa shape index (κ3) is 7.53. The summed E-state index contributed by atoms with van der Waals surface area (Å²) in [5.41, 5.74) is 17.8. The Bertz CT molecular complexity index is 4570. The second-order valence-electron chi connectivity index (χ2n) is 20.7. The van der Waals surface area contributed by atoms with E-state index in [1.807, 2.05) is 91.0 Å². The van der Waals surface area contributed by atoms with Gasteiger partial charge in [0.25, 0.3) is 6.71 Å². The summed E-state index contributed by atoms with van der Waals surface area (Å²) in [4.78, 5) is 6.44. The molecule has 0 saturated heterocycles. The molecule has 5 heteroatoms. The van der Waals surface area contributed by atoms with Gasteiger partial charge in [-0.1, -0.05) is 191 Å². The third-order valence-corrected chi connectivity index (χ3v) is 15.2. The quantitative estimate of drug-likeness (QED) is 0.142. The smallest absolute Gasteiger partial charge is 0.252 e. The first-order valence-electron chi connectivity index (χ1n) is 29.8. The predicted octanol–water partition coefficient (Wildman–Crippen LogP) is 17.7. The molecule has 0 unspecified atom stereocenters. The zero-order valence-electron chi connectivity index (χ0n) is 50.2. The van der Waals surface area contributed by atoms with Crippen LogP contribution in [0.5, 0.6) is 0 Å². The molecule has 4 nitrogen and oxygen atoms in total. The maximum Gasteiger partial charge on any atom is 0.252 e. The molecule has 1 aromatic heterocycles. The Balaban J connectivity index is 1.05. The van der Waals surface area contributed by atoms with Gasteiger partial charge in [0.15, 0.2) is 0 Å². The number of nitrogens with zero attached hydrogens (tertiary/aromatic N) is 3. The van der Waals surface area contributed by atoms with Gasteiger partial charge < -0.3 is 19.1 Å². The molecule has 0 bridgehead atoms. The minimum absolute atomic E-state index is 0.0240. The zero-order valence-corrected chi connectivity index (χ0v) is 42.2. The summed E-state index contributed by atoms with van der Waals surface area (Å²) < 4.78 is 77.6. The normalized spacial score (nSPS) is 14.3. The number of para-hydroxylation sites is 4. The SMILES string of the molecule is [2H]c1c([2H])c([2H])c(N(c2ccccc2)c2ccc3c(c2)N(c2ccc(-c4ccccc4)cc2)c2cc(C(C)(C)C)cc4c2B3c2cc(-c3ccccc3C([2H])([2H])[2H])ccc2N4c2ccc(-c3cccc4c3oc3ccccc34)cc2)c([2H])c1[2H]. The van der Waals surface area contributed by atoms with E-state index in [4.69, 9.17) is 12.6 Å². The first kappa shape index (κ1) is 37.4. The van der Waals surface area contributed by atoms with Crippen LogP contribution < -0.4 is 31.1 Å². The zero-order chi connectivity index (χ0) is 57.9. The fourth-order valence-electron chi connectivity index (χ4n) is 11.6. The van der Waals surface area contributed by atoms with Crippen LogP contribution in [0.1, 0.15) is 42.9 Å². The number of anilines is 9. The summed E-state index contributed by atoms with van der Waals surface area (Å²) in [6, 6.07) is 73.8. The molecule has 2 aliphatic rings. The van der Waals surface area contributed by atoms with Crippen molar-refractivity contribution >= 4 is 96.2 Å². The molecule has 0 saturated carbocycles. The molecule has 76 heavy (non-hydrogen) atoms. The summed E-state index contributed by atoms with van der Waals surface area (Å²) in [6.45, 7) is 3.89. The van der Waals surface area contributed by atoms with Crippen molar-refractivity contribution in [1.29, 1.82) is 0 Å². The van der Waals surface area contributed by atoms with Crippen LogP contribution >= 0.6 is 0 Å². The third-order valence-electron chi connectivity index (χ3n) is 15.2. The lowest BCUT2D eigenvalue weighted by molar-refractivity contribution is 0.590. The van der Waals surface area contributed by atoms with Crippen LogP contribution in [-0.2, 0) is 5.41 Å². The fraction of sp³-hybridized carbons (Fsp3) is 0.0704. The second kappa shape index (κ2) is 18.0. The van der Waals surface area contributed by atoms with E-state index >= 15 is 0 Å². The largest absolute Gasteiger partial charge is 0.455 e. The summed E-state index contributed by atoms with van der Waals surface area (Å²) >= 11 is 0. The lowest BCUT2D eigenvalue weighted by atomic mass is 9.33. The van der Waals surface area contributed by atoms with E-state index in [1.165, 1.54) is 0 Å². The maximum atomic E-state index is 9.34. The van der Waals surface area contributed by atoms with Gasteiger partial charge in [0.2, 0.25) is 0 Å². The Labute approximate surface area is 456 Å². The maximum absolute atomic E-state index is 9.34. The molecule has 12 aromatic rings. The highest BCUT2D eigenvalue weighted by Crippen LogP contribution is 2.49. The van der Waals surface area contributed by atoms with Crippen LogP contribution in [0.4, 0.5) is 51.2 Å². The van der Waals surface area contributed by atoms with Crippen molar-refractivity contribution in [3.05, 3.63) is 266 Å². The molecule has 14 rings (SSSR count). The number of rotatable bonds is 8. The summed E-state index contributed by atoms with van der Waals surface area (Å²) in [7, 11) is 0. The topological polar surface area (TPSA) is 22.9 Å². The minimum Gasteiger partial charge on any atom is -0.455 e. The average molecular weight is 984 g/mol. The Morgan fingerprint density at radius 1 is 0.461 bits per heavy atom. The van der Waals surface area contributed by atoms with Gasteiger partial charge in [-0.25, -0.2) is 0 Å². The average Bonchev–Trinajstić information content (AvgIpc) is 1.34. The summed E-state index contributed by atoms with van der Waals surface area (Å²) in [5, 5.41) is 2.12. The molecule has 0 amide bonds. The van der Waals surface area contributed by atoms with Crippen molar-refractivity contribution in [1.82, 2.24) is 0 Å². The van der Waals surface area contributed by atoms with E-state index in [0.717, 1.165) is 106 Å². The van der Waals surface area contributed by atoms with Crippen molar-refractivity contribution in [2.45, 2.75) is 33.0 Å². The molecule has 0 fully saturated rings. The molecule has 0 spiro atoms. The molecule has 3 heterocycles. The Hall–Kier alpha value is -9.32. The van der Waals surface area contributed by atoms with E-state index in [1.54, 1.807) is 17.0 Å². The molecule has 2 aliphatic heterocycles. The number of furan rings is 1. The minimum atomic E-state index is -2.38. The highest BCUT2D eigenvalue weighted by Gasteiger charge is 2.44. The molecule has 0 N–H and O–H groups in total. The molecule has 0 radical (unpaired) electrons. The Kier molecular flexibility index (Phi) is 8.85. The number of hydrogen-bond donors (Lipinski definition) is 0. The van der Waals surface area contributed by atoms with Crippen LogP contribution in [0.25, 0.3) is 55.3 Å². The highest BCUT2D eigenvalue weighted by molar-refractivity contribution is 7.00. The summed E-state index contributed by atoms with van der Waals surface area (Å²) in [5.74, 6) is 0. The van der Waals surface area contributed by atoms with Crippen molar-refractivity contribution in [3.63, 3.8) is 0 Å². The lowest BCUT2D eigenvalue weighted by Crippen LogP contribution is -2.61. The van der Waals surface area contributed by atoms with Crippen molar-refractivity contribution in [2.24, 2.45) is 0 Å². The summed E-state index contributed by atoms with van der Waals surface area (Å²) in [6.07, 6.45) is 0. The molecule has 362 valence electrons. The fourth-order valence-corrected chi connectivity index (χ4v) is 11.6. The van der Waals surface area contributed by atoms with Gasteiger partial charge in [-0.05, 0) is 152 Å². The Morgan fingerprint density at radius 3 is 1.82 bits per heavy atom. The van der Waals surface area contributed by atoms with Gasteiger partial charge in [0, 0.05) is 71.6 Å². The van der Waals surface area contributed by atoms with Crippen LogP contribution in [-0.4, -0.2) is 6.71 Å². The van der Waals surface area contributed by atoms with Crippen LogP contribution in [0.3, 0.4) is 0 Å². The van der Waals surface area contributed by atoms with E-state index in [2.05, 4.69) is 152 Å². The van der Waals surface area contributed by atoms with Gasteiger partial charge in [0.05, 0.1) is 6.85 Å². The van der Waals surface area contributed by atoms with Crippen molar-refractivity contribution in [3.8, 4) is 33.4 Å². The van der Waals surface area contributed by atoms with Crippen molar-refractivity contribution < 1.29 is 15.4 Å². The monoisotopic (exact) mass is 983 g/mol. The molecular formula is C71H54BN3O. The van der Waals surface area contributed by atoms with Gasteiger partial charge in [0.1, 0.15) is 11.2 Å². The van der Waals surface area contributed by atoms with Crippen molar-refractivity contribution in [2.75, 3.05) is 14.7 Å².